The Morgan fingerprint density at radius 1 is 1.45 bits per heavy atom. The molecule has 0 atom stereocenters. The van der Waals surface area contributed by atoms with E-state index in [4.69, 9.17) is 9.47 Å². The van der Waals surface area contributed by atoms with E-state index < -0.39 is 0 Å². The van der Waals surface area contributed by atoms with Crippen molar-refractivity contribution in [1.82, 2.24) is 4.98 Å². The fourth-order valence-corrected chi connectivity index (χ4v) is 0.882. The van der Waals surface area contributed by atoms with Gasteiger partial charge in [0.05, 0.1) is 6.20 Å². The van der Waals surface area contributed by atoms with Crippen molar-refractivity contribution in [1.29, 1.82) is 0 Å². The molecule has 4 heteroatoms. The van der Waals surface area contributed by atoms with Gasteiger partial charge in [0.2, 0.25) is 6.79 Å². The normalized spacial score (nSPS) is 13.1. The maximum atomic E-state index is 10.2. The smallest absolute Gasteiger partial charge is 0.231 e. The van der Waals surface area contributed by atoms with Crippen LogP contribution in [0.5, 0.6) is 11.5 Å². The van der Waals surface area contributed by atoms with E-state index in [1.54, 1.807) is 6.07 Å². The molecule has 0 saturated heterocycles. The summed E-state index contributed by atoms with van der Waals surface area (Å²) in [5.74, 6) is 1.18. The highest BCUT2D eigenvalue weighted by molar-refractivity contribution is 5.73. The molecular formula is C7H5NO3. The second-order valence-electron chi connectivity index (χ2n) is 2.08. The van der Waals surface area contributed by atoms with Crippen LogP contribution in [0.25, 0.3) is 0 Å². The van der Waals surface area contributed by atoms with Crippen LogP contribution in [0.4, 0.5) is 0 Å². The largest absolute Gasteiger partial charge is 0.453 e. The Labute approximate surface area is 62.8 Å². The lowest BCUT2D eigenvalue weighted by Crippen LogP contribution is -1.92. The third-order valence-corrected chi connectivity index (χ3v) is 1.40. The van der Waals surface area contributed by atoms with Crippen LogP contribution in [0, 0.1) is 0 Å². The summed E-state index contributed by atoms with van der Waals surface area (Å²) in [7, 11) is 0. The maximum absolute atomic E-state index is 10.2. The summed E-state index contributed by atoms with van der Waals surface area (Å²) in [6.45, 7) is 0.208. The number of rotatable bonds is 1. The molecule has 1 aliphatic heterocycles. The molecule has 2 rings (SSSR count). The van der Waals surface area contributed by atoms with Crippen LogP contribution < -0.4 is 9.47 Å². The first-order valence-electron chi connectivity index (χ1n) is 3.11. The van der Waals surface area contributed by atoms with Crippen molar-refractivity contribution >= 4 is 6.29 Å². The molecule has 1 aromatic heterocycles. The zero-order valence-electron chi connectivity index (χ0n) is 5.61. The Morgan fingerprint density at radius 2 is 2.27 bits per heavy atom. The quantitative estimate of drug-likeness (QED) is 0.552. The lowest BCUT2D eigenvalue weighted by molar-refractivity contribution is 0.111. The second-order valence-corrected chi connectivity index (χ2v) is 2.08. The number of nitrogens with zero attached hydrogens (tertiary/aromatic N) is 1. The van der Waals surface area contributed by atoms with Gasteiger partial charge in [-0.3, -0.25) is 4.79 Å². The van der Waals surface area contributed by atoms with E-state index in [1.165, 1.54) is 6.20 Å². The molecule has 0 aromatic carbocycles. The first-order valence-corrected chi connectivity index (χ1v) is 3.11. The molecule has 0 N–H and O–H groups in total. The first-order chi connectivity index (χ1) is 5.40. The van der Waals surface area contributed by atoms with Crippen LogP contribution in [-0.2, 0) is 0 Å². The molecule has 1 aromatic rings. The number of ether oxygens (including phenoxy) is 2. The van der Waals surface area contributed by atoms with E-state index in [2.05, 4.69) is 4.98 Å². The second kappa shape index (κ2) is 2.23. The van der Waals surface area contributed by atoms with Gasteiger partial charge in [0, 0.05) is 6.07 Å². The van der Waals surface area contributed by atoms with E-state index in [-0.39, 0.29) is 6.79 Å². The van der Waals surface area contributed by atoms with Gasteiger partial charge >= 0.3 is 0 Å². The predicted molar refractivity (Wildman–Crippen MR) is 35.7 cm³/mol. The van der Waals surface area contributed by atoms with Gasteiger partial charge in [0.25, 0.3) is 0 Å². The average molecular weight is 151 g/mol. The Balaban J connectivity index is 2.48. The number of carbonyl (C=O) groups is 1. The predicted octanol–water partition coefficient (Wildman–Crippen LogP) is 0.623. The molecule has 2 heterocycles. The van der Waals surface area contributed by atoms with Crippen LogP contribution in [0.15, 0.2) is 12.3 Å². The number of pyridine rings is 1. The molecule has 0 aliphatic carbocycles. The van der Waals surface area contributed by atoms with E-state index in [9.17, 15) is 4.79 Å². The molecule has 0 unspecified atom stereocenters. The van der Waals surface area contributed by atoms with Crippen molar-refractivity contribution in [2.24, 2.45) is 0 Å². The minimum Gasteiger partial charge on any atom is -0.453 e. The van der Waals surface area contributed by atoms with Crippen molar-refractivity contribution in [3.63, 3.8) is 0 Å². The van der Waals surface area contributed by atoms with Crippen molar-refractivity contribution in [2.45, 2.75) is 0 Å². The monoisotopic (exact) mass is 151 g/mol. The van der Waals surface area contributed by atoms with Gasteiger partial charge in [0.15, 0.2) is 17.8 Å². The fraction of sp³-hybridized carbons (Fsp3) is 0.143. The summed E-state index contributed by atoms with van der Waals surface area (Å²) < 4.78 is 10.0. The van der Waals surface area contributed by atoms with Crippen molar-refractivity contribution < 1.29 is 14.3 Å². The highest BCUT2D eigenvalue weighted by Gasteiger charge is 2.13. The number of aromatic nitrogens is 1. The number of aldehydes is 1. The molecule has 0 radical (unpaired) electrons. The Kier molecular flexibility index (Phi) is 1.25. The summed E-state index contributed by atoms with van der Waals surface area (Å²) in [5, 5.41) is 0. The molecule has 11 heavy (non-hydrogen) atoms. The molecule has 0 amide bonds. The number of hydrogen-bond donors (Lipinski definition) is 0. The third kappa shape index (κ3) is 0.920. The fourth-order valence-electron chi connectivity index (χ4n) is 0.882. The van der Waals surface area contributed by atoms with Crippen LogP contribution in [-0.4, -0.2) is 18.1 Å². The van der Waals surface area contributed by atoms with Gasteiger partial charge in [-0.15, -0.1) is 0 Å². The van der Waals surface area contributed by atoms with E-state index in [0.717, 1.165) is 0 Å². The van der Waals surface area contributed by atoms with Crippen molar-refractivity contribution in [2.75, 3.05) is 6.79 Å². The Morgan fingerprint density at radius 3 is 3.09 bits per heavy atom. The Bertz CT molecular complexity index is 298. The zero-order valence-corrected chi connectivity index (χ0v) is 5.61. The topological polar surface area (TPSA) is 48.4 Å². The highest BCUT2D eigenvalue weighted by Crippen LogP contribution is 2.30. The molecule has 0 fully saturated rings. The molecule has 1 aliphatic rings. The summed E-state index contributed by atoms with van der Waals surface area (Å²) in [5.41, 5.74) is 0.356. The molecule has 56 valence electrons. The molecular weight excluding hydrogens is 146 g/mol. The lowest BCUT2D eigenvalue weighted by Gasteiger charge is -1.93. The van der Waals surface area contributed by atoms with Crippen LogP contribution >= 0.6 is 0 Å². The van der Waals surface area contributed by atoms with Crippen LogP contribution in [0.3, 0.4) is 0 Å². The van der Waals surface area contributed by atoms with E-state index >= 15 is 0 Å². The standard InChI is InChI=1S/C7H5NO3/c9-3-5-1-6-7(2-8-5)11-4-10-6/h1-3H,4H2. The highest BCUT2D eigenvalue weighted by atomic mass is 16.7. The van der Waals surface area contributed by atoms with Crippen LogP contribution in [0.2, 0.25) is 0 Å². The first kappa shape index (κ1) is 6.15. The van der Waals surface area contributed by atoms with Gasteiger partial charge < -0.3 is 9.47 Å². The minimum absolute atomic E-state index is 0.208. The van der Waals surface area contributed by atoms with Crippen molar-refractivity contribution in [3.8, 4) is 11.5 Å². The van der Waals surface area contributed by atoms with Gasteiger partial charge in [-0.25, -0.2) is 4.98 Å². The SMILES string of the molecule is O=Cc1cc2c(cn1)OCO2. The lowest BCUT2D eigenvalue weighted by atomic mass is 10.3. The summed E-state index contributed by atoms with van der Waals surface area (Å²) >= 11 is 0. The molecule has 0 bridgehead atoms. The van der Waals surface area contributed by atoms with Gasteiger partial charge in [0.1, 0.15) is 5.69 Å². The number of hydrogen-bond acceptors (Lipinski definition) is 4. The van der Waals surface area contributed by atoms with Gasteiger partial charge in [-0.2, -0.15) is 0 Å². The van der Waals surface area contributed by atoms with E-state index in [0.29, 0.717) is 23.5 Å². The minimum atomic E-state index is 0.208. The Hall–Kier alpha value is -1.58. The average Bonchev–Trinajstić information content (AvgIpc) is 2.50. The third-order valence-electron chi connectivity index (χ3n) is 1.40. The number of carbonyl (C=O) groups excluding carboxylic acids is 1. The zero-order chi connectivity index (χ0) is 7.68. The van der Waals surface area contributed by atoms with Gasteiger partial charge in [-0.05, 0) is 0 Å². The molecule has 0 saturated carbocycles. The number of fused-ring (bicyclic) bond motifs is 1. The molecule has 0 spiro atoms. The molecule has 4 nitrogen and oxygen atoms in total. The summed E-state index contributed by atoms with van der Waals surface area (Å²) in [6, 6.07) is 1.55. The summed E-state index contributed by atoms with van der Waals surface area (Å²) in [4.78, 5) is 14.0. The van der Waals surface area contributed by atoms with Crippen molar-refractivity contribution in [3.05, 3.63) is 18.0 Å². The van der Waals surface area contributed by atoms with Crippen LogP contribution in [0.1, 0.15) is 10.5 Å². The van der Waals surface area contributed by atoms with E-state index in [1.807, 2.05) is 0 Å². The maximum Gasteiger partial charge on any atom is 0.231 e. The van der Waals surface area contributed by atoms with Gasteiger partial charge in [-0.1, -0.05) is 0 Å². The summed E-state index contributed by atoms with van der Waals surface area (Å²) in [6.07, 6.45) is 2.15.